The Morgan fingerprint density at radius 3 is 2.23 bits per heavy atom. The summed E-state index contributed by atoms with van der Waals surface area (Å²) in [5, 5.41) is 20.7. The van der Waals surface area contributed by atoms with Gasteiger partial charge in [0.25, 0.3) is 0 Å². The van der Waals surface area contributed by atoms with Gasteiger partial charge in [-0.05, 0) is 25.3 Å². The van der Waals surface area contributed by atoms with Gasteiger partial charge in [0.1, 0.15) is 11.7 Å². The van der Waals surface area contributed by atoms with Gasteiger partial charge >= 0.3 is 0 Å². The van der Waals surface area contributed by atoms with Crippen molar-refractivity contribution in [1.82, 2.24) is 0 Å². The first-order chi connectivity index (χ1) is 10.5. The van der Waals surface area contributed by atoms with Crippen LogP contribution in [-0.4, -0.2) is 34.8 Å². The third-order valence-corrected chi connectivity index (χ3v) is 4.49. The number of ether oxygens (including phenoxy) is 2. The molecular formula is C18H22O4. The average molecular weight is 302 g/mol. The van der Waals surface area contributed by atoms with Crippen molar-refractivity contribution in [2.24, 2.45) is 0 Å². The Balaban J connectivity index is 1.64. The molecule has 1 spiro atoms. The summed E-state index contributed by atoms with van der Waals surface area (Å²) < 4.78 is 11.3. The number of hydrogen-bond donors (Lipinski definition) is 2. The Labute approximate surface area is 131 Å². The molecule has 1 heterocycles. The molecule has 0 amide bonds. The van der Waals surface area contributed by atoms with Crippen LogP contribution in [0.5, 0.6) is 0 Å². The highest BCUT2D eigenvalue weighted by Gasteiger charge is 2.44. The van der Waals surface area contributed by atoms with Crippen LogP contribution in [0.3, 0.4) is 0 Å². The zero-order chi connectivity index (χ0) is 15.6. The van der Waals surface area contributed by atoms with Crippen LogP contribution in [0.2, 0.25) is 0 Å². The molecule has 1 aliphatic carbocycles. The summed E-state index contributed by atoms with van der Waals surface area (Å²) in [6.45, 7) is 3.24. The molecule has 22 heavy (non-hydrogen) atoms. The van der Waals surface area contributed by atoms with Gasteiger partial charge in [0.05, 0.1) is 13.2 Å². The first-order valence-corrected chi connectivity index (χ1v) is 7.78. The molecule has 1 aromatic rings. The quantitative estimate of drug-likeness (QED) is 0.780. The minimum atomic E-state index is -1.06. The molecule has 2 fully saturated rings. The second-order valence-electron chi connectivity index (χ2n) is 6.22. The molecule has 1 atom stereocenters. The number of benzene rings is 1. The van der Waals surface area contributed by atoms with E-state index in [1.54, 1.807) is 0 Å². The SMILES string of the molecule is Cc1ccc(C(O)C#CC2(O)CCC3(CC2)OCCO3)cc1. The van der Waals surface area contributed by atoms with Gasteiger partial charge in [0.2, 0.25) is 0 Å². The molecule has 4 heteroatoms. The molecule has 3 rings (SSSR count). The number of aliphatic hydroxyl groups excluding tert-OH is 1. The maximum Gasteiger partial charge on any atom is 0.168 e. The topological polar surface area (TPSA) is 58.9 Å². The summed E-state index contributed by atoms with van der Waals surface area (Å²) in [6.07, 6.45) is 1.40. The third kappa shape index (κ3) is 3.34. The van der Waals surface area contributed by atoms with E-state index >= 15 is 0 Å². The van der Waals surface area contributed by atoms with Crippen LogP contribution in [-0.2, 0) is 9.47 Å². The minimum Gasteiger partial charge on any atom is -0.378 e. The summed E-state index contributed by atoms with van der Waals surface area (Å²) in [5.74, 6) is 5.13. The van der Waals surface area contributed by atoms with Crippen LogP contribution in [0, 0.1) is 18.8 Å². The van der Waals surface area contributed by atoms with E-state index in [0.29, 0.717) is 38.9 Å². The summed E-state index contributed by atoms with van der Waals surface area (Å²) in [7, 11) is 0. The predicted molar refractivity (Wildman–Crippen MR) is 82.0 cm³/mol. The molecule has 0 radical (unpaired) electrons. The number of aliphatic hydroxyl groups is 2. The third-order valence-electron chi connectivity index (χ3n) is 4.49. The van der Waals surface area contributed by atoms with Crippen molar-refractivity contribution >= 4 is 0 Å². The smallest absolute Gasteiger partial charge is 0.168 e. The minimum absolute atomic E-state index is 0.501. The second-order valence-corrected chi connectivity index (χ2v) is 6.22. The van der Waals surface area contributed by atoms with Gasteiger partial charge in [-0.25, -0.2) is 0 Å². The van der Waals surface area contributed by atoms with Crippen LogP contribution in [0.15, 0.2) is 24.3 Å². The molecule has 118 valence electrons. The molecular weight excluding hydrogens is 280 g/mol. The standard InChI is InChI=1S/C18H22O4/c1-14-2-4-15(5-3-14)16(19)6-7-17(20)8-10-18(11-9-17)21-12-13-22-18/h2-5,16,19-20H,8-13H2,1H3. The van der Waals surface area contributed by atoms with Gasteiger partial charge < -0.3 is 19.7 Å². The average Bonchev–Trinajstić information content (AvgIpc) is 2.98. The summed E-state index contributed by atoms with van der Waals surface area (Å²) >= 11 is 0. The van der Waals surface area contributed by atoms with E-state index in [4.69, 9.17) is 9.47 Å². The van der Waals surface area contributed by atoms with Crippen molar-refractivity contribution in [2.75, 3.05) is 13.2 Å². The Morgan fingerprint density at radius 2 is 1.64 bits per heavy atom. The van der Waals surface area contributed by atoms with Gasteiger partial charge in [-0.2, -0.15) is 0 Å². The van der Waals surface area contributed by atoms with Gasteiger partial charge in [0.15, 0.2) is 5.79 Å². The van der Waals surface area contributed by atoms with Crippen molar-refractivity contribution in [3.63, 3.8) is 0 Å². The molecule has 4 nitrogen and oxygen atoms in total. The van der Waals surface area contributed by atoms with Crippen LogP contribution in [0.25, 0.3) is 0 Å². The molecule has 1 aliphatic heterocycles. The highest BCUT2D eigenvalue weighted by Crippen LogP contribution is 2.40. The molecule has 1 aromatic carbocycles. The van der Waals surface area contributed by atoms with Crippen molar-refractivity contribution in [3.05, 3.63) is 35.4 Å². The molecule has 0 bridgehead atoms. The lowest BCUT2D eigenvalue weighted by molar-refractivity contribution is -0.195. The van der Waals surface area contributed by atoms with E-state index in [1.807, 2.05) is 31.2 Å². The van der Waals surface area contributed by atoms with Crippen molar-refractivity contribution in [1.29, 1.82) is 0 Å². The van der Waals surface area contributed by atoms with Crippen LogP contribution >= 0.6 is 0 Å². The Bertz CT molecular complexity index is 565. The lowest BCUT2D eigenvalue weighted by Gasteiger charge is -2.37. The van der Waals surface area contributed by atoms with E-state index in [1.165, 1.54) is 0 Å². The van der Waals surface area contributed by atoms with E-state index in [-0.39, 0.29) is 0 Å². The summed E-state index contributed by atoms with van der Waals surface area (Å²) in [5.41, 5.74) is 0.819. The van der Waals surface area contributed by atoms with E-state index < -0.39 is 17.5 Å². The van der Waals surface area contributed by atoms with Crippen molar-refractivity contribution < 1.29 is 19.7 Å². The maximum atomic E-state index is 10.6. The first kappa shape index (κ1) is 15.5. The summed E-state index contributed by atoms with van der Waals surface area (Å²) in [4.78, 5) is 0. The zero-order valence-electron chi connectivity index (χ0n) is 12.8. The van der Waals surface area contributed by atoms with E-state index in [2.05, 4.69) is 11.8 Å². The monoisotopic (exact) mass is 302 g/mol. The van der Waals surface area contributed by atoms with Crippen molar-refractivity contribution in [3.8, 4) is 11.8 Å². The first-order valence-electron chi connectivity index (χ1n) is 7.78. The predicted octanol–water partition coefficient (Wildman–Crippen LogP) is 2.08. The Kier molecular flexibility index (Phi) is 4.24. The van der Waals surface area contributed by atoms with Crippen LogP contribution in [0.4, 0.5) is 0 Å². The van der Waals surface area contributed by atoms with E-state index in [9.17, 15) is 10.2 Å². The van der Waals surface area contributed by atoms with Gasteiger partial charge in [-0.1, -0.05) is 41.7 Å². The fourth-order valence-electron chi connectivity index (χ4n) is 2.99. The lowest BCUT2D eigenvalue weighted by atomic mass is 9.81. The van der Waals surface area contributed by atoms with Crippen molar-refractivity contribution in [2.45, 2.75) is 50.1 Å². The fourth-order valence-corrected chi connectivity index (χ4v) is 2.99. The number of aryl methyl sites for hydroxylation is 1. The van der Waals surface area contributed by atoms with Gasteiger partial charge in [-0.3, -0.25) is 0 Å². The van der Waals surface area contributed by atoms with Crippen LogP contribution < -0.4 is 0 Å². The molecule has 1 unspecified atom stereocenters. The lowest BCUT2D eigenvalue weighted by Crippen LogP contribution is -2.42. The zero-order valence-corrected chi connectivity index (χ0v) is 12.8. The second kappa shape index (κ2) is 6.02. The number of hydrogen-bond acceptors (Lipinski definition) is 4. The van der Waals surface area contributed by atoms with Gasteiger partial charge in [-0.15, -0.1) is 0 Å². The van der Waals surface area contributed by atoms with E-state index in [0.717, 1.165) is 11.1 Å². The largest absolute Gasteiger partial charge is 0.378 e. The molecule has 0 aromatic heterocycles. The van der Waals surface area contributed by atoms with Gasteiger partial charge in [0, 0.05) is 12.8 Å². The Hall–Kier alpha value is -1.38. The highest BCUT2D eigenvalue weighted by molar-refractivity contribution is 5.29. The van der Waals surface area contributed by atoms with Crippen LogP contribution in [0.1, 0.15) is 42.9 Å². The number of rotatable bonds is 1. The molecule has 1 saturated carbocycles. The Morgan fingerprint density at radius 1 is 1.05 bits per heavy atom. The summed E-state index contributed by atoms with van der Waals surface area (Å²) in [6, 6.07) is 7.59. The fraction of sp³-hybridized carbons (Fsp3) is 0.556. The normalized spacial score (nSPS) is 23.8. The molecule has 1 saturated heterocycles. The highest BCUT2D eigenvalue weighted by atomic mass is 16.7. The molecule has 2 aliphatic rings. The maximum absolute atomic E-state index is 10.6. The molecule has 2 N–H and O–H groups in total.